The number of amides is 1. The van der Waals surface area contributed by atoms with E-state index in [2.05, 4.69) is 5.32 Å². The largest absolute Gasteiger partial charge is 0.388 e. The molecule has 1 amide bonds. The van der Waals surface area contributed by atoms with Crippen LogP contribution in [0.5, 0.6) is 0 Å². The highest BCUT2D eigenvalue weighted by atomic mass is 16.5. The van der Waals surface area contributed by atoms with Crippen LogP contribution in [0.25, 0.3) is 0 Å². The summed E-state index contributed by atoms with van der Waals surface area (Å²) in [6.45, 7) is 4.94. The number of rotatable bonds is 9. The third kappa shape index (κ3) is 8.12. The maximum atomic E-state index is 11.6. The van der Waals surface area contributed by atoms with Crippen LogP contribution in [0.1, 0.15) is 33.1 Å². The second kappa shape index (κ2) is 8.44. The van der Waals surface area contributed by atoms with E-state index in [-0.39, 0.29) is 18.4 Å². The molecular formula is C12H26N2O3. The molecule has 0 aliphatic heterocycles. The fraction of sp³-hybridized carbons (Fsp3) is 0.917. The van der Waals surface area contributed by atoms with Crippen molar-refractivity contribution in [3.05, 3.63) is 0 Å². The van der Waals surface area contributed by atoms with Crippen molar-refractivity contribution in [2.24, 2.45) is 11.7 Å². The summed E-state index contributed by atoms with van der Waals surface area (Å²) in [6, 6.07) is 0. The van der Waals surface area contributed by atoms with Crippen molar-refractivity contribution in [3.8, 4) is 0 Å². The van der Waals surface area contributed by atoms with E-state index in [9.17, 15) is 9.90 Å². The van der Waals surface area contributed by atoms with Crippen molar-refractivity contribution >= 4 is 5.91 Å². The number of hydrogen-bond acceptors (Lipinski definition) is 4. The molecule has 0 aromatic carbocycles. The summed E-state index contributed by atoms with van der Waals surface area (Å²) in [5.74, 6) is 0.166. The third-order valence-electron chi connectivity index (χ3n) is 2.90. The highest BCUT2D eigenvalue weighted by Gasteiger charge is 2.21. The predicted molar refractivity (Wildman–Crippen MR) is 67.6 cm³/mol. The lowest BCUT2D eigenvalue weighted by atomic mass is 10.0. The van der Waals surface area contributed by atoms with Gasteiger partial charge in [-0.2, -0.15) is 0 Å². The Morgan fingerprint density at radius 3 is 2.71 bits per heavy atom. The number of methoxy groups -OCH3 is 1. The van der Waals surface area contributed by atoms with E-state index in [4.69, 9.17) is 10.5 Å². The van der Waals surface area contributed by atoms with Gasteiger partial charge in [-0.1, -0.05) is 13.3 Å². The van der Waals surface area contributed by atoms with Gasteiger partial charge in [0.15, 0.2) is 0 Å². The Morgan fingerprint density at radius 1 is 1.59 bits per heavy atom. The number of carbonyl (C=O) groups is 1. The van der Waals surface area contributed by atoms with Gasteiger partial charge in [0.2, 0.25) is 5.91 Å². The lowest BCUT2D eigenvalue weighted by molar-refractivity contribution is -0.123. The highest BCUT2D eigenvalue weighted by molar-refractivity contribution is 5.76. The van der Waals surface area contributed by atoms with E-state index < -0.39 is 5.60 Å². The molecule has 0 saturated carbocycles. The zero-order valence-electron chi connectivity index (χ0n) is 11.2. The Morgan fingerprint density at radius 2 is 2.24 bits per heavy atom. The molecule has 5 nitrogen and oxygen atoms in total. The predicted octanol–water partition coefficient (Wildman–Crippen LogP) is 0.265. The monoisotopic (exact) mass is 246 g/mol. The number of hydrogen-bond donors (Lipinski definition) is 3. The standard InChI is InChI=1S/C12H26N2O3/c1-4-10(8-13)7-11(15)14-9-12(2,16)5-6-17-3/h10,16H,4-9,13H2,1-3H3,(H,14,15). The molecule has 102 valence electrons. The normalized spacial score (nSPS) is 16.3. The topological polar surface area (TPSA) is 84.6 Å². The van der Waals surface area contributed by atoms with Gasteiger partial charge in [-0.25, -0.2) is 0 Å². The molecule has 5 heteroatoms. The Labute approximate surface area is 104 Å². The first-order valence-corrected chi connectivity index (χ1v) is 6.13. The van der Waals surface area contributed by atoms with Crippen LogP contribution in [0.15, 0.2) is 0 Å². The molecule has 0 bridgehead atoms. The van der Waals surface area contributed by atoms with Crippen molar-refractivity contribution in [2.75, 3.05) is 26.8 Å². The molecule has 0 saturated heterocycles. The van der Waals surface area contributed by atoms with Gasteiger partial charge < -0.3 is 20.9 Å². The van der Waals surface area contributed by atoms with E-state index in [0.717, 1.165) is 6.42 Å². The van der Waals surface area contributed by atoms with Crippen LogP contribution in [0.3, 0.4) is 0 Å². The smallest absolute Gasteiger partial charge is 0.220 e. The van der Waals surface area contributed by atoms with Crippen molar-refractivity contribution in [3.63, 3.8) is 0 Å². The second-order valence-electron chi connectivity index (χ2n) is 4.73. The van der Waals surface area contributed by atoms with Crippen LogP contribution in [0.2, 0.25) is 0 Å². The minimum atomic E-state index is -0.921. The Bertz CT molecular complexity index is 216. The quantitative estimate of drug-likeness (QED) is 0.545. The first-order valence-electron chi connectivity index (χ1n) is 6.13. The zero-order chi connectivity index (χ0) is 13.3. The summed E-state index contributed by atoms with van der Waals surface area (Å²) >= 11 is 0. The van der Waals surface area contributed by atoms with E-state index in [1.54, 1.807) is 14.0 Å². The van der Waals surface area contributed by atoms with E-state index in [0.29, 0.717) is 26.0 Å². The molecular weight excluding hydrogens is 220 g/mol. The van der Waals surface area contributed by atoms with Gasteiger partial charge in [0.25, 0.3) is 0 Å². The van der Waals surface area contributed by atoms with Crippen molar-refractivity contribution < 1.29 is 14.6 Å². The van der Waals surface area contributed by atoms with Crippen LogP contribution in [-0.2, 0) is 9.53 Å². The number of aliphatic hydroxyl groups is 1. The maximum absolute atomic E-state index is 11.6. The Kier molecular flexibility index (Phi) is 8.12. The third-order valence-corrected chi connectivity index (χ3v) is 2.90. The van der Waals surface area contributed by atoms with Gasteiger partial charge in [0.1, 0.15) is 0 Å². The molecule has 0 rings (SSSR count). The number of nitrogens with two attached hydrogens (primary N) is 1. The van der Waals surface area contributed by atoms with E-state index >= 15 is 0 Å². The number of carbonyl (C=O) groups excluding carboxylic acids is 1. The molecule has 0 radical (unpaired) electrons. The van der Waals surface area contributed by atoms with Crippen molar-refractivity contribution in [1.82, 2.24) is 5.32 Å². The van der Waals surface area contributed by atoms with Crippen molar-refractivity contribution in [1.29, 1.82) is 0 Å². The molecule has 0 spiro atoms. The molecule has 0 aromatic rings. The molecule has 17 heavy (non-hydrogen) atoms. The molecule has 0 fully saturated rings. The number of ether oxygens (including phenoxy) is 1. The summed E-state index contributed by atoms with van der Waals surface area (Å²) in [7, 11) is 1.59. The van der Waals surface area contributed by atoms with Gasteiger partial charge in [-0.05, 0) is 19.4 Å². The minimum Gasteiger partial charge on any atom is -0.388 e. The van der Waals surface area contributed by atoms with Gasteiger partial charge in [-0.15, -0.1) is 0 Å². The fourth-order valence-corrected chi connectivity index (χ4v) is 1.43. The Balaban J connectivity index is 3.89. The molecule has 2 unspecified atom stereocenters. The SMILES string of the molecule is CCC(CN)CC(=O)NCC(C)(O)CCOC. The molecule has 0 heterocycles. The average molecular weight is 246 g/mol. The second-order valence-corrected chi connectivity index (χ2v) is 4.73. The Hall–Kier alpha value is -0.650. The van der Waals surface area contributed by atoms with Gasteiger partial charge in [-0.3, -0.25) is 4.79 Å². The fourth-order valence-electron chi connectivity index (χ4n) is 1.43. The van der Waals surface area contributed by atoms with Crippen LogP contribution in [-0.4, -0.2) is 43.4 Å². The number of nitrogens with one attached hydrogen (secondary N) is 1. The first kappa shape index (κ1) is 16.4. The molecule has 4 N–H and O–H groups in total. The maximum Gasteiger partial charge on any atom is 0.220 e. The minimum absolute atomic E-state index is 0.0556. The van der Waals surface area contributed by atoms with Crippen LogP contribution >= 0.6 is 0 Å². The summed E-state index contributed by atoms with van der Waals surface area (Å²) < 4.78 is 4.89. The van der Waals surface area contributed by atoms with E-state index in [1.165, 1.54) is 0 Å². The molecule has 0 aliphatic rings. The molecule has 0 aliphatic carbocycles. The van der Waals surface area contributed by atoms with Gasteiger partial charge in [0.05, 0.1) is 5.60 Å². The van der Waals surface area contributed by atoms with E-state index in [1.807, 2.05) is 6.92 Å². The summed E-state index contributed by atoms with van der Waals surface area (Å²) in [6.07, 6.45) is 1.81. The summed E-state index contributed by atoms with van der Waals surface area (Å²) in [5, 5.41) is 12.7. The zero-order valence-corrected chi connectivity index (χ0v) is 11.2. The molecule has 0 aromatic heterocycles. The van der Waals surface area contributed by atoms with Crippen LogP contribution in [0.4, 0.5) is 0 Å². The lowest BCUT2D eigenvalue weighted by Gasteiger charge is -2.23. The first-order chi connectivity index (χ1) is 7.95. The summed E-state index contributed by atoms with van der Waals surface area (Å²) in [4.78, 5) is 11.6. The van der Waals surface area contributed by atoms with Gasteiger partial charge >= 0.3 is 0 Å². The van der Waals surface area contributed by atoms with Crippen LogP contribution < -0.4 is 11.1 Å². The molecule has 2 atom stereocenters. The lowest BCUT2D eigenvalue weighted by Crippen LogP contribution is -2.42. The summed E-state index contributed by atoms with van der Waals surface area (Å²) in [5.41, 5.74) is 4.61. The highest BCUT2D eigenvalue weighted by Crippen LogP contribution is 2.09. The van der Waals surface area contributed by atoms with Gasteiger partial charge in [0, 0.05) is 33.1 Å². The average Bonchev–Trinajstić information content (AvgIpc) is 2.31. The van der Waals surface area contributed by atoms with Crippen LogP contribution in [0, 0.1) is 5.92 Å². The van der Waals surface area contributed by atoms with Crippen molar-refractivity contribution in [2.45, 2.75) is 38.7 Å².